The first-order valence-corrected chi connectivity index (χ1v) is 12.0. The van der Waals surface area contributed by atoms with E-state index in [4.69, 9.17) is 9.47 Å². The molecule has 1 N–H and O–H groups in total. The fourth-order valence-electron chi connectivity index (χ4n) is 4.24. The van der Waals surface area contributed by atoms with Gasteiger partial charge >= 0.3 is 0 Å². The van der Waals surface area contributed by atoms with Crippen LogP contribution in [0.1, 0.15) is 26.8 Å². The maximum absolute atomic E-state index is 13.4. The predicted molar refractivity (Wildman–Crippen MR) is 137 cm³/mol. The van der Waals surface area contributed by atoms with Gasteiger partial charge < -0.3 is 24.4 Å². The highest BCUT2D eigenvalue weighted by Gasteiger charge is 2.43. The van der Waals surface area contributed by atoms with E-state index in [0.29, 0.717) is 29.3 Å². The Balaban J connectivity index is 1.68. The zero-order valence-corrected chi connectivity index (χ0v) is 21.0. The van der Waals surface area contributed by atoms with Gasteiger partial charge in [-0.15, -0.1) is 11.3 Å². The van der Waals surface area contributed by atoms with Crippen LogP contribution in [0.4, 0.5) is 5.69 Å². The number of hydrogen-bond acceptors (Lipinski definition) is 7. The first-order valence-electron chi connectivity index (χ1n) is 11.2. The minimum Gasteiger partial charge on any atom is -0.503 e. The van der Waals surface area contributed by atoms with E-state index >= 15 is 0 Å². The second-order valence-electron chi connectivity index (χ2n) is 8.40. The molecule has 1 aromatic heterocycles. The Morgan fingerprint density at radius 1 is 1.06 bits per heavy atom. The second kappa shape index (κ2) is 10.2. The van der Waals surface area contributed by atoms with Gasteiger partial charge in [0.15, 0.2) is 17.3 Å². The Morgan fingerprint density at radius 3 is 2.37 bits per heavy atom. The van der Waals surface area contributed by atoms with Crippen LogP contribution in [-0.4, -0.2) is 56.6 Å². The fraction of sp³-hybridized carbons (Fsp3) is 0.259. The summed E-state index contributed by atoms with van der Waals surface area (Å²) in [5.74, 6) is -0.149. The molecule has 3 aromatic rings. The van der Waals surface area contributed by atoms with Crippen molar-refractivity contribution in [1.29, 1.82) is 0 Å². The molecule has 4 rings (SSSR count). The number of nitrogens with zero attached hydrogens (tertiary/aromatic N) is 2. The van der Waals surface area contributed by atoms with E-state index in [9.17, 15) is 14.7 Å². The van der Waals surface area contributed by atoms with Gasteiger partial charge in [0.05, 0.1) is 30.7 Å². The number of ketones is 1. The zero-order chi connectivity index (χ0) is 25.1. The lowest BCUT2D eigenvalue weighted by molar-refractivity contribution is -0.129. The Labute approximate surface area is 208 Å². The topological polar surface area (TPSA) is 79.3 Å². The number of aliphatic hydroxyl groups is 1. The molecule has 35 heavy (non-hydrogen) atoms. The molecule has 0 bridgehead atoms. The molecule has 2 heterocycles. The lowest BCUT2D eigenvalue weighted by Gasteiger charge is -2.27. The molecule has 0 aliphatic carbocycles. The van der Waals surface area contributed by atoms with Crippen molar-refractivity contribution in [1.82, 2.24) is 4.90 Å². The summed E-state index contributed by atoms with van der Waals surface area (Å²) in [5, 5.41) is 12.6. The summed E-state index contributed by atoms with van der Waals surface area (Å²) in [6.45, 7) is 0.305. The van der Waals surface area contributed by atoms with Gasteiger partial charge in [0.1, 0.15) is 0 Å². The van der Waals surface area contributed by atoms with Crippen molar-refractivity contribution in [3.63, 3.8) is 0 Å². The van der Waals surface area contributed by atoms with Crippen LogP contribution in [0.3, 0.4) is 0 Å². The standard InChI is InChI=1S/C27H28N2O5S/c1-28(2)19-10-8-18(9-11-19)24-23(25(30)22-6-5-15-35-22)26(31)27(32)29(24)14-13-17-7-12-20(33-3)21(16-17)34-4/h5-12,15-16,24,31H,13-14H2,1-4H3/t24-/m0/s1. The maximum Gasteiger partial charge on any atom is 0.290 e. The van der Waals surface area contributed by atoms with Crippen LogP contribution in [0.2, 0.25) is 0 Å². The molecular formula is C27H28N2O5S. The Bertz CT molecular complexity index is 1250. The van der Waals surface area contributed by atoms with Gasteiger partial charge in [0, 0.05) is 26.3 Å². The van der Waals surface area contributed by atoms with Crippen molar-refractivity contribution in [2.45, 2.75) is 12.5 Å². The van der Waals surface area contributed by atoms with E-state index in [1.807, 2.05) is 61.5 Å². The molecule has 1 atom stereocenters. The number of carbonyl (C=O) groups excluding carboxylic acids is 2. The van der Waals surface area contributed by atoms with Gasteiger partial charge in [-0.2, -0.15) is 0 Å². The van der Waals surface area contributed by atoms with Crippen LogP contribution in [0, 0.1) is 0 Å². The van der Waals surface area contributed by atoms with Gasteiger partial charge in [0.25, 0.3) is 5.91 Å². The molecule has 0 saturated heterocycles. The molecular weight excluding hydrogens is 464 g/mol. The number of rotatable bonds is 9. The number of anilines is 1. The number of amides is 1. The molecule has 1 amide bonds. The van der Waals surface area contributed by atoms with Crippen molar-refractivity contribution in [2.24, 2.45) is 0 Å². The summed E-state index contributed by atoms with van der Waals surface area (Å²) in [6.07, 6.45) is 0.506. The van der Waals surface area contributed by atoms with Crippen LogP contribution in [0.15, 0.2) is 71.3 Å². The fourth-order valence-corrected chi connectivity index (χ4v) is 4.92. The van der Waals surface area contributed by atoms with E-state index < -0.39 is 17.7 Å². The molecule has 0 radical (unpaired) electrons. The van der Waals surface area contributed by atoms with Crippen LogP contribution in [0.5, 0.6) is 11.5 Å². The molecule has 182 valence electrons. The van der Waals surface area contributed by atoms with Crippen LogP contribution >= 0.6 is 11.3 Å². The number of thiophene rings is 1. The smallest absolute Gasteiger partial charge is 0.290 e. The highest BCUT2D eigenvalue weighted by Crippen LogP contribution is 2.40. The van der Waals surface area contributed by atoms with E-state index in [1.54, 1.807) is 36.6 Å². The largest absolute Gasteiger partial charge is 0.503 e. The SMILES string of the molecule is COc1ccc(CCN2C(=O)C(O)=C(C(=O)c3cccs3)[C@@H]2c2ccc(N(C)C)cc2)cc1OC. The minimum atomic E-state index is -0.687. The van der Waals surface area contributed by atoms with E-state index in [0.717, 1.165) is 16.8 Å². The molecule has 8 heteroatoms. The highest BCUT2D eigenvalue weighted by atomic mass is 32.1. The molecule has 0 saturated carbocycles. The number of hydrogen-bond donors (Lipinski definition) is 1. The van der Waals surface area contributed by atoms with E-state index in [1.165, 1.54) is 11.3 Å². The van der Waals surface area contributed by atoms with Gasteiger partial charge in [-0.3, -0.25) is 9.59 Å². The lowest BCUT2D eigenvalue weighted by Crippen LogP contribution is -2.33. The molecule has 0 unspecified atom stereocenters. The first kappa shape index (κ1) is 24.3. The number of methoxy groups -OCH3 is 2. The van der Waals surface area contributed by atoms with Crippen molar-refractivity contribution < 1.29 is 24.2 Å². The van der Waals surface area contributed by atoms with Gasteiger partial charge in [0.2, 0.25) is 5.78 Å². The number of ether oxygens (including phenoxy) is 2. The van der Waals surface area contributed by atoms with Gasteiger partial charge in [-0.25, -0.2) is 0 Å². The summed E-state index contributed by atoms with van der Waals surface area (Å²) in [7, 11) is 7.04. The second-order valence-corrected chi connectivity index (χ2v) is 9.34. The van der Waals surface area contributed by atoms with Crippen LogP contribution in [0.25, 0.3) is 0 Å². The minimum absolute atomic E-state index is 0.113. The molecule has 0 spiro atoms. The van der Waals surface area contributed by atoms with Crippen molar-refractivity contribution in [3.8, 4) is 11.5 Å². The number of Topliss-reactive ketones (excluding diaryl/α,β-unsaturated/α-hetero) is 1. The monoisotopic (exact) mass is 492 g/mol. The maximum atomic E-state index is 13.4. The third kappa shape index (κ3) is 4.74. The molecule has 1 aliphatic rings. The molecule has 2 aromatic carbocycles. The zero-order valence-electron chi connectivity index (χ0n) is 20.1. The summed E-state index contributed by atoms with van der Waals surface area (Å²) < 4.78 is 10.7. The van der Waals surface area contributed by atoms with Crippen LogP contribution < -0.4 is 14.4 Å². The first-order chi connectivity index (χ1) is 16.8. The van der Waals surface area contributed by atoms with Crippen molar-refractivity contribution in [2.75, 3.05) is 39.8 Å². The summed E-state index contributed by atoms with van der Waals surface area (Å²) in [6, 6.07) is 16.1. The average Bonchev–Trinajstić information content (AvgIpc) is 3.50. The Kier molecular flexibility index (Phi) is 7.12. The number of aliphatic hydroxyl groups excluding tert-OH is 1. The number of carbonyl (C=O) groups is 2. The Morgan fingerprint density at radius 2 is 1.77 bits per heavy atom. The summed E-state index contributed by atoms with van der Waals surface area (Å²) in [5.41, 5.74) is 2.81. The molecule has 1 aliphatic heterocycles. The summed E-state index contributed by atoms with van der Waals surface area (Å²) in [4.78, 5) is 30.6. The van der Waals surface area contributed by atoms with E-state index in [2.05, 4.69) is 0 Å². The molecule has 7 nitrogen and oxygen atoms in total. The highest BCUT2D eigenvalue weighted by molar-refractivity contribution is 7.12. The lowest BCUT2D eigenvalue weighted by atomic mass is 9.95. The quantitative estimate of drug-likeness (QED) is 0.438. The average molecular weight is 493 g/mol. The van der Waals surface area contributed by atoms with Gasteiger partial charge in [-0.05, 0) is 53.3 Å². The van der Waals surface area contributed by atoms with E-state index in [-0.39, 0.29) is 11.4 Å². The summed E-state index contributed by atoms with van der Waals surface area (Å²) >= 11 is 1.29. The predicted octanol–water partition coefficient (Wildman–Crippen LogP) is 4.65. The third-order valence-electron chi connectivity index (χ3n) is 6.11. The Hall–Kier alpha value is -3.78. The van der Waals surface area contributed by atoms with Crippen molar-refractivity contribution in [3.05, 3.63) is 87.3 Å². The normalized spacial score (nSPS) is 15.5. The van der Waals surface area contributed by atoms with Crippen molar-refractivity contribution >= 4 is 28.7 Å². The third-order valence-corrected chi connectivity index (χ3v) is 6.98. The number of benzene rings is 2. The van der Waals surface area contributed by atoms with Gasteiger partial charge in [-0.1, -0.05) is 24.3 Å². The molecule has 0 fully saturated rings. The van der Waals surface area contributed by atoms with Crippen LogP contribution in [-0.2, 0) is 11.2 Å².